The maximum absolute atomic E-state index is 12.2. The van der Waals surface area contributed by atoms with Crippen molar-refractivity contribution < 1.29 is 15.7 Å². The monoisotopic (exact) mass is 368 g/mol. The Balaban J connectivity index is 0.00000192. The van der Waals surface area contributed by atoms with Gasteiger partial charge in [0.1, 0.15) is 0 Å². The standard InChI is InChI=1S/C16H17N3O2S.H3N.2H2O/c17-15(10-1-3-12(22)4-2-10)14-13(5-7-18-16(14)20)19-11-6-8-21-9-11;;;/h1-5,7,11,17,22H,6,8-9H2,(H2,18,19,20);1H3;2*1H2. The summed E-state index contributed by atoms with van der Waals surface area (Å²) in [6.45, 7) is 1.34. The second-order valence-electron chi connectivity index (χ2n) is 5.22. The summed E-state index contributed by atoms with van der Waals surface area (Å²) >= 11 is 4.24. The Labute approximate surface area is 150 Å². The highest BCUT2D eigenvalue weighted by Gasteiger charge is 2.20. The van der Waals surface area contributed by atoms with E-state index in [2.05, 4.69) is 22.9 Å². The number of aromatic nitrogens is 1. The smallest absolute Gasteiger partial charge is 0.259 e. The van der Waals surface area contributed by atoms with E-state index in [1.165, 1.54) is 0 Å². The summed E-state index contributed by atoms with van der Waals surface area (Å²) in [6.07, 6.45) is 2.49. The molecule has 1 unspecified atom stereocenters. The van der Waals surface area contributed by atoms with Crippen LogP contribution in [0.4, 0.5) is 5.69 Å². The molecular weight excluding hydrogens is 344 g/mol. The molecule has 0 amide bonds. The van der Waals surface area contributed by atoms with Gasteiger partial charge in [0.2, 0.25) is 0 Å². The Kier molecular flexibility index (Phi) is 9.10. The molecule has 1 aliphatic heterocycles. The number of aromatic amines is 1. The molecule has 2 aromatic rings. The van der Waals surface area contributed by atoms with E-state index in [0.29, 0.717) is 23.4 Å². The predicted octanol–water partition coefficient (Wildman–Crippen LogP) is 0.793. The molecule has 0 radical (unpaired) electrons. The molecule has 0 aliphatic carbocycles. The van der Waals surface area contributed by atoms with Gasteiger partial charge in [0.05, 0.1) is 29.6 Å². The fourth-order valence-corrected chi connectivity index (χ4v) is 2.64. The largest absolute Gasteiger partial charge is 0.412 e. The number of thiol groups is 1. The maximum atomic E-state index is 12.2. The first-order chi connectivity index (χ1) is 10.6. The molecule has 3 rings (SSSR count). The van der Waals surface area contributed by atoms with Crippen molar-refractivity contribution in [3.63, 3.8) is 0 Å². The molecular formula is C16H24N4O4S. The Hall–Kier alpha value is -2.17. The van der Waals surface area contributed by atoms with Crippen LogP contribution in [0.3, 0.4) is 0 Å². The van der Waals surface area contributed by atoms with Gasteiger partial charge < -0.3 is 32.1 Å². The quantitative estimate of drug-likeness (QED) is 0.396. The zero-order valence-electron chi connectivity index (χ0n) is 13.6. The predicted molar refractivity (Wildman–Crippen MR) is 102 cm³/mol. The Morgan fingerprint density at radius 2 is 1.92 bits per heavy atom. The lowest BCUT2D eigenvalue weighted by molar-refractivity contribution is 0.195. The van der Waals surface area contributed by atoms with E-state index >= 15 is 0 Å². The lowest BCUT2D eigenvalue weighted by Crippen LogP contribution is -2.25. The van der Waals surface area contributed by atoms with Crippen LogP contribution in [-0.4, -0.2) is 40.9 Å². The van der Waals surface area contributed by atoms with Crippen LogP contribution in [0, 0.1) is 5.41 Å². The fourth-order valence-electron chi connectivity index (χ4n) is 2.49. The summed E-state index contributed by atoms with van der Waals surface area (Å²) in [6, 6.07) is 9.16. The van der Waals surface area contributed by atoms with Gasteiger partial charge in [-0.05, 0) is 24.6 Å². The van der Waals surface area contributed by atoms with Crippen molar-refractivity contribution in [3.8, 4) is 0 Å². The molecule has 10 N–H and O–H groups in total. The second-order valence-corrected chi connectivity index (χ2v) is 5.74. The molecule has 1 saturated heterocycles. The molecule has 1 aromatic heterocycles. The molecule has 2 heterocycles. The van der Waals surface area contributed by atoms with E-state index in [-0.39, 0.29) is 34.4 Å². The first-order valence-electron chi connectivity index (χ1n) is 7.09. The molecule has 1 atom stereocenters. The molecule has 1 aliphatic rings. The number of nitrogens with one attached hydrogen (secondary N) is 3. The Morgan fingerprint density at radius 3 is 2.52 bits per heavy atom. The van der Waals surface area contributed by atoms with Crippen LogP contribution in [-0.2, 0) is 4.74 Å². The summed E-state index contributed by atoms with van der Waals surface area (Å²) in [5, 5.41) is 11.7. The lowest BCUT2D eigenvalue weighted by atomic mass is 10.0. The highest BCUT2D eigenvalue weighted by molar-refractivity contribution is 7.80. The van der Waals surface area contributed by atoms with Crippen molar-refractivity contribution in [2.45, 2.75) is 17.4 Å². The number of H-pyrrole nitrogens is 1. The first kappa shape index (κ1) is 22.8. The number of ether oxygens (including phenoxy) is 1. The zero-order valence-corrected chi connectivity index (χ0v) is 14.5. The van der Waals surface area contributed by atoms with Crippen LogP contribution in [0.2, 0.25) is 0 Å². The summed E-state index contributed by atoms with van der Waals surface area (Å²) in [7, 11) is 0. The molecule has 25 heavy (non-hydrogen) atoms. The van der Waals surface area contributed by atoms with E-state index < -0.39 is 0 Å². The van der Waals surface area contributed by atoms with Crippen molar-refractivity contribution in [1.82, 2.24) is 11.1 Å². The van der Waals surface area contributed by atoms with E-state index in [4.69, 9.17) is 10.1 Å². The highest BCUT2D eigenvalue weighted by Crippen LogP contribution is 2.19. The third-order valence-electron chi connectivity index (χ3n) is 3.66. The average Bonchev–Trinajstić information content (AvgIpc) is 3.01. The van der Waals surface area contributed by atoms with Gasteiger partial charge >= 0.3 is 0 Å². The molecule has 138 valence electrons. The Bertz CT molecular complexity index is 743. The van der Waals surface area contributed by atoms with Gasteiger partial charge in [0.15, 0.2) is 0 Å². The fraction of sp³-hybridized carbons (Fsp3) is 0.250. The maximum Gasteiger partial charge on any atom is 0.259 e. The summed E-state index contributed by atoms with van der Waals surface area (Å²) in [5.41, 5.74) is 1.61. The van der Waals surface area contributed by atoms with Gasteiger partial charge in [0, 0.05) is 23.3 Å². The topological polar surface area (TPSA) is 176 Å². The highest BCUT2D eigenvalue weighted by atomic mass is 32.1. The number of rotatable bonds is 4. The van der Waals surface area contributed by atoms with E-state index in [1.54, 1.807) is 24.4 Å². The number of anilines is 1. The van der Waals surface area contributed by atoms with E-state index in [1.807, 2.05) is 12.1 Å². The average molecular weight is 368 g/mol. The van der Waals surface area contributed by atoms with Crippen molar-refractivity contribution in [2.24, 2.45) is 0 Å². The normalized spacial score (nSPS) is 15.3. The number of pyridine rings is 1. The van der Waals surface area contributed by atoms with Crippen LogP contribution in [0.25, 0.3) is 0 Å². The van der Waals surface area contributed by atoms with Gasteiger partial charge in [-0.1, -0.05) is 12.1 Å². The van der Waals surface area contributed by atoms with E-state index in [0.717, 1.165) is 17.9 Å². The third-order valence-corrected chi connectivity index (χ3v) is 3.95. The minimum Gasteiger partial charge on any atom is -0.412 e. The van der Waals surface area contributed by atoms with Crippen LogP contribution in [0.15, 0.2) is 46.2 Å². The first-order valence-corrected chi connectivity index (χ1v) is 7.54. The number of hydrogen-bond donors (Lipinski definition) is 5. The molecule has 8 nitrogen and oxygen atoms in total. The van der Waals surface area contributed by atoms with Crippen molar-refractivity contribution in [2.75, 3.05) is 18.5 Å². The van der Waals surface area contributed by atoms with Gasteiger partial charge in [-0.25, -0.2) is 0 Å². The van der Waals surface area contributed by atoms with Gasteiger partial charge in [-0.3, -0.25) is 10.2 Å². The molecule has 1 fully saturated rings. The van der Waals surface area contributed by atoms with Crippen molar-refractivity contribution in [3.05, 3.63) is 58.0 Å². The van der Waals surface area contributed by atoms with Crippen LogP contribution in [0.5, 0.6) is 0 Å². The second kappa shape index (κ2) is 9.97. The van der Waals surface area contributed by atoms with Gasteiger partial charge in [-0.15, -0.1) is 12.6 Å². The van der Waals surface area contributed by atoms with Crippen LogP contribution in [0.1, 0.15) is 17.5 Å². The lowest BCUT2D eigenvalue weighted by Gasteiger charge is -2.16. The molecule has 0 saturated carbocycles. The molecule has 1 aromatic carbocycles. The summed E-state index contributed by atoms with van der Waals surface area (Å²) in [5.74, 6) is 0. The Morgan fingerprint density at radius 1 is 1.24 bits per heavy atom. The molecule has 0 spiro atoms. The molecule has 0 bridgehead atoms. The van der Waals surface area contributed by atoms with Gasteiger partial charge in [0.25, 0.3) is 5.56 Å². The van der Waals surface area contributed by atoms with Crippen LogP contribution < -0.4 is 17.0 Å². The molecule has 9 heteroatoms. The summed E-state index contributed by atoms with van der Waals surface area (Å²) in [4.78, 5) is 15.7. The minimum absolute atomic E-state index is 0. The number of benzene rings is 1. The van der Waals surface area contributed by atoms with Crippen molar-refractivity contribution in [1.29, 1.82) is 5.41 Å². The van der Waals surface area contributed by atoms with Gasteiger partial charge in [-0.2, -0.15) is 0 Å². The number of hydrogen-bond acceptors (Lipinski definition) is 6. The minimum atomic E-state index is -0.274. The SMILES string of the molecule is N.N=C(c1ccc(S)cc1)c1c(NC2CCOC2)cc[nH]c1=O.O.O. The zero-order chi connectivity index (χ0) is 15.5. The third kappa shape index (κ3) is 5.15. The van der Waals surface area contributed by atoms with Crippen molar-refractivity contribution >= 4 is 24.0 Å². The summed E-state index contributed by atoms with van der Waals surface area (Å²) < 4.78 is 5.35. The van der Waals surface area contributed by atoms with Crippen LogP contribution >= 0.6 is 12.6 Å². The van der Waals surface area contributed by atoms with E-state index in [9.17, 15) is 4.79 Å².